The van der Waals surface area contributed by atoms with Gasteiger partial charge in [0.05, 0.1) is 22.8 Å². The van der Waals surface area contributed by atoms with E-state index in [0.717, 1.165) is 66.0 Å². The summed E-state index contributed by atoms with van der Waals surface area (Å²) in [7, 11) is 0. The molecule has 0 heterocycles. The zero-order chi connectivity index (χ0) is 22.3. The molecule has 0 saturated carbocycles. The smallest absolute Gasteiger partial charge is 0.0646 e. The molecule has 0 amide bonds. The molecule has 0 spiro atoms. The van der Waals surface area contributed by atoms with Gasteiger partial charge in [-0.25, -0.2) is 0 Å². The maximum absolute atomic E-state index is 5.07. The fraction of sp³-hybridized carbons (Fsp3) is 0.379. The molecule has 0 radical (unpaired) electrons. The minimum Gasteiger partial charge on any atom is -0.252 e. The minimum atomic E-state index is 0.930. The summed E-state index contributed by atoms with van der Waals surface area (Å²) in [6, 6.07) is 16.3. The van der Waals surface area contributed by atoms with Gasteiger partial charge in [-0.05, 0) is 75.9 Å². The van der Waals surface area contributed by atoms with Crippen molar-refractivity contribution in [3.05, 3.63) is 59.7 Å². The Hall–Kier alpha value is -3.10. The molecule has 0 unspecified atom stereocenters. The van der Waals surface area contributed by atoms with Crippen molar-refractivity contribution in [1.82, 2.24) is 0 Å². The zero-order valence-electron chi connectivity index (χ0n) is 19.5. The van der Waals surface area contributed by atoms with E-state index in [9.17, 15) is 0 Å². The third kappa shape index (κ3) is 8.65. The number of nitrogens with zero attached hydrogens (tertiary/aromatic N) is 2. The van der Waals surface area contributed by atoms with Crippen LogP contribution in [0.15, 0.2) is 58.5 Å². The van der Waals surface area contributed by atoms with E-state index in [1.165, 1.54) is 12.8 Å². The van der Waals surface area contributed by atoms with Gasteiger partial charge in [-0.3, -0.25) is 9.98 Å². The number of benzene rings is 2. The van der Waals surface area contributed by atoms with E-state index in [2.05, 4.69) is 55.7 Å². The molecule has 2 aromatic rings. The number of aliphatic imine (C=N–C) groups is 2. The van der Waals surface area contributed by atoms with Gasteiger partial charge >= 0.3 is 0 Å². The molecule has 0 aliphatic heterocycles. The molecule has 0 aliphatic rings. The van der Waals surface area contributed by atoms with Crippen molar-refractivity contribution in [2.24, 2.45) is 9.98 Å². The summed E-state index contributed by atoms with van der Waals surface area (Å²) in [5.41, 5.74) is 6.06. The summed E-state index contributed by atoms with van der Waals surface area (Å²) >= 11 is 0. The van der Waals surface area contributed by atoms with E-state index < -0.39 is 0 Å². The number of hydrogen-bond acceptors (Lipinski definition) is 2. The Balaban J connectivity index is 2.50. The van der Waals surface area contributed by atoms with Crippen LogP contribution >= 0.6 is 0 Å². The average molecular weight is 411 g/mol. The van der Waals surface area contributed by atoms with Crippen LogP contribution in [-0.4, -0.2) is 11.4 Å². The normalized spacial score (nSPS) is 11.4. The molecule has 0 saturated heterocycles. The molecule has 0 N–H and O–H groups in total. The van der Waals surface area contributed by atoms with Crippen LogP contribution < -0.4 is 0 Å². The van der Waals surface area contributed by atoms with Crippen LogP contribution in [-0.2, 0) is 0 Å². The lowest BCUT2D eigenvalue weighted by molar-refractivity contribution is 0.742. The zero-order valence-corrected chi connectivity index (χ0v) is 19.5. The van der Waals surface area contributed by atoms with E-state index in [1.54, 1.807) is 0 Å². The molecule has 2 nitrogen and oxygen atoms in total. The first-order chi connectivity index (χ1) is 15.2. The van der Waals surface area contributed by atoms with Gasteiger partial charge in [0.25, 0.3) is 0 Å². The lowest BCUT2D eigenvalue weighted by Gasteiger charge is -2.11. The fourth-order valence-corrected chi connectivity index (χ4v) is 3.32. The van der Waals surface area contributed by atoms with Crippen LogP contribution in [0.3, 0.4) is 0 Å². The minimum absolute atomic E-state index is 0.930. The van der Waals surface area contributed by atoms with Crippen LogP contribution in [0.25, 0.3) is 0 Å². The quantitative estimate of drug-likeness (QED) is 0.215. The number of rotatable bonds is 10. The second kappa shape index (κ2) is 14.0. The standard InChI is InChI=1S/C29H34N2/c1-5-9-11-21-29(31-27-19-13-17-25(23-27)15-8-4)28(20-10-6-2)30-26-18-12-16-24(22-26)14-7-3/h12-13,16-19,22-23H,5-6,9-11,20-21H2,1-4H3. The van der Waals surface area contributed by atoms with Crippen molar-refractivity contribution in [3.8, 4) is 23.7 Å². The van der Waals surface area contributed by atoms with E-state index >= 15 is 0 Å². The molecule has 0 fully saturated rings. The summed E-state index contributed by atoms with van der Waals surface area (Å²) < 4.78 is 0. The summed E-state index contributed by atoms with van der Waals surface area (Å²) in [5.74, 6) is 12.2. The first-order valence-electron chi connectivity index (χ1n) is 11.4. The Kier molecular flexibility index (Phi) is 10.9. The van der Waals surface area contributed by atoms with Crippen LogP contribution in [0.4, 0.5) is 11.4 Å². The second-order valence-corrected chi connectivity index (χ2v) is 7.53. The Morgan fingerprint density at radius 3 is 1.61 bits per heavy atom. The highest BCUT2D eigenvalue weighted by atomic mass is 14.8. The van der Waals surface area contributed by atoms with Crippen LogP contribution in [0, 0.1) is 23.7 Å². The van der Waals surface area contributed by atoms with Gasteiger partial charge in [0.15, 0.2) is 0 Å². The predicted octanol–water partition coefficient (Wildman–Crippen LogP) is 8.05. The van der Waals surface area contributed by atoms with Gasteiger partial charge in [0, 0.05) is 11.1 Å². The van der Waals surface area contributed by atoms with Crippen LogP contribution in [0.2, 0.25) is 0 Å². The molecule has 0 aromatic heterocycles. The molecule has 2 aromatic carbocycles. The maximum Gasteiger partial charge on any atom is 0.0646 e. The highest BCUT2D eigenvalue weighted by molar-refractivity contribution is 6.43. The van der Waals surface area contributed by atoms with Crippen LogP contribution in [0.1, 0.15) is 83.8 Å². The number of unbranched alkanes of at least 4 members (excludes halogenated alkanes) is 3. The van der Waals surface area contributed by atoms with E-state index in [1.807, 2.05) is 44.2 Å². The summed E-state index contributed by atoms with van der Waals surface area (Å²) in [6.07, 6.45) is 7.60. The molecule has 0 atom stereocenters. The summed E-state index contributed by atoms with van der Waals surface area (Å²) in [6.45, 7) is 8.17. The first-order valence-corrected chi connectivity index (χ1v) is 11.4. The lowest BCUT2D eigenvalue weighted by Crippen LogP contribution is -2.14. The molecule has 31 heavy (non-hydrogen) atoms. The van der Waals surface area contributed by atoms with E-state index in [4.69, 9.17) is 9.98 Å². The molecule has 2 heteroatoms. The highest BCUT2D eigenvalue weighted by Crippen LogP contribution is 2.20. The average Bonchev–Trinajstić information content (AvgIpc) is 2.77. The van der Waals surface area contributed by atoms with Crippen molar-refractivity contribution in [3.63, 3.8) is 0 Å². The van der Waals surface area contributed by atoms with E-state index in [0.29, 0.717) is 0 Å². The third-order valence-corrected chi connectivity index (χ3v) is 4.88. The van der Waals surface area contributed by atoms with Gasteiger partial charge < -0.3 is 0 Å². The van der Waals surface area contributed by atoms with Gasteiger partial charge in [-0.1, -0.05) is 57.1 Å². The topological polar surface area (TPSA) is 24.7 Å². The van der Waals surface area contributed by atoms with Gasteiger partial charge in [0.1, 0.15) is 0 Å². The molecular weight excluding hydrogens is 376 g/mol. The fourth-order valence-electron chi connectivity index (χ4n) is 3.32. The Morgan fingerprint density at radius 2 is 1.16 bits per heavy atom. The predicted molar refractivity (Wildman–Crippen MR) is 136 cm³/mol. The Bertz CT molecular complexity index is 1020. The molecule has 2 rings (SSSR count). The molecule has 0 bridgehead atoms. The van der Waals surface area contributed by atoms with Crippen molar-refractivity contribution in [2.75, 3.05) is 0 Å². The monoisotopic (exact) mass is 410 g/mol. The maximum atomic E-state index is 5.07. The van der Waals surface area contributed by atoms with Gasteiger partial charge in [-0.15, -0.1) is 11.8 Å². The van der Waals surface area contributed by atoms with Gasteiger partial charge in [0.2, 0.25) is 0 Å². The SMILES string of the molecule is CC#Cc1cccc(N=C(CCCC)C(CCCCC)=Nc2cccc(C#CC)c2)c1. The summed E-state index contributed by atoms with van der Waals surface area (Å²) in [4.78, 5) is 10.1. The lowest BCUT2D eigenvalue weighted by atomic mass is 10.0. The van der Waals surface area contributed by atoms with Crippen molar-refractivity contribution >= 4 is 22.8 Å². The molecular formula is C29H34N2. The third-order valence-electron chi connectivity index (χ3n) is 4.88. The largest absolute Gasteiger partial charge is 0.252 e. The molecule has 0 aliphatic carbocycles. The Morgan fingerprint density at radius 1 is 0.677 bits per heavy atom. The van der Waals surface area contributed by atoms with Crippen molar-refractivity contribution in [2.45, 2.75) is 72.6 Å². The second-order valence-electron chi connectivity index (χ2n) is 7.53. The highest BCUT2D eigenvalue weighted by Gasteiger charge is 2.11. The first kappa shape index (κ1) is 24.2. The van der Waals surface area contributed by atoms with E-state index in [-0.39, 0.29) is 0 Å². The summed E-state index contributed by atoms with van der Waals surface area (Å²) in [5, 5.41) is 0. The molecule has 160 valence electrons. The van der Waals surface area contributed by atoms with Gasteiger partial charge in [-0.2, -0.15) is 0 Å². The van der Waals surface area contributed by atoms with Crippen molar-refractivity contribution in [1.29, 1.82) is 0 Å². The number of hydrogen-bond donors (Lipinski definition) is 0. The Labute approximate surface area is 188 Å². The van der Waals surface area contributed by atoms with Crippen molar-refractivity contribution < 1.29 is 0 Å². The van der Waals surface area contributed by atoms with Crippen LogP contribution in [0.5, 0.6) is 0 Å².